The number of rotatable bonds is 11. The zero-order valence-electron chi connectivity index (χ0n) is 23.0. The van der Waals surface area contributed by atoms with Gasteiger partial charge in [-0.1, -0.05) is 6.92 Å². The fraction of sp³-hybridized carbons (Fsp3) is 0.739. The predicted octanol–water partition coefficient (Wildman–Crippen LogP) is 2.45. The minimum atomic E-state index is -4.66. The molecule has 3 N–H and O–H groups in total. The van der Waals surface area contributed by atoms with Crippen LogP contribution in [0.1, 0.15) is 61.1 Å². The third kappa shape index (κ3) is 8.29. The van der Waals surface area contributed by atoms with Crippen LogP contribution in [0.3, 0.4) is 0 Å². The number of alkyl halides is 1. The quantitative estimate of drug-likeness (QED) is 0.220. The number of hydrogen-bond acceptors (Lipinski definition) is 13. The van der Waals surface area contributed by atoms with Crippen molar-refractivity contribution in [1.29, 1.82) is 0 Å². The lowest BCUT2D eigenvalue weighted by Crippen LogP contribution is -2.45. The van der Waals surface area contributed by atoms with Gasteiger partial charge in [0.25, 0.3) is 0 Å². The maximum Gasteiger partial charge on any atom is 0.480 e. The third-order valence-corrected chi connectivity index (χ3v) is 6.97. The van der Waals surface area contributed by atoms with Crippen LogP contribution in [0.2, 0.25) is 0 Å². The van der Waals surface area contributed by atoms with Gasteiger partial charge in [-0.3, -0.25) is 18.7 Å². The van der Waals surface area contributed by atoms with E-state index in [0.717, 1.165) is 10.8 Å². The van der Waals surface area contributed by atoms with Gasteiger partial charge in [-0.15, -0.1) is 0 Å². The van der Waals surface area contributed by atoms with Crippen LogP contribution >= 0.6 is 7.82 Å². The molecule has 0 aromatic carbocycles. The number of nitrogens with two attached hydrogens (primary N) is 1. The molecule has 0 aliphatic carbocycles. The monoisotopic (exact) mass is 581 g/mol. The number of nitrogen functional groups attached to an aromatic ring is 1. The second kappa shape index (κ2) is 12.4. The van der Waals surface area contributed by atoms with Crippen molar-refractivity contribution in [3.8, 4) is 0 Å². The topological polar surface area (TPSA) is 188 Å². The number of ether oxygens (including phenoxy) is 3. The van der Waals surface area contributed by atoms with Gasteiger partial charge in [0, 0.05) is 6.20 Å². The van der Waals surface area contributed by atoms with E-state index in [1.807, 2.05) is 0 Å². The Kier molecular flexibility index (Phi) is 10.4. The number of aliphatic hydroxyl groups is 1. The highest BCUT2D eigenvalue weighted by molar-refractivity contribution is 7.48. The van der Waals surface area contributed by atoms with Crippen molar-refractivity contribution >= 4 is 25.6 Å². The molecule has 1 aromatic heterocycles. The summed E-state index contributed by atoms with van der Waals surface area (Å²) in [7, 11) is -4.66. The van der Waals surface area contributed by atoms with Crippen LogP contribution in [0.4, 0.5) is 10.2 Å². The van der Waals surface area contributed by atoms with E-state index >= 15 is 4.39 Å². The zero-order chi connectivity index (χ0) is 29.8. The maximum absolute atomic E-state index is 15.2. The van der Waals surface area contributed by atoms with Gasteiger partial charge in [-0.05, 0) is 54.0 Å². The first-order chi connectivity index (χ1) is 17.8. The first-order valence-corrected chi connectivity index (χ1v) is 13.5. The van der Waals surface area contributed by atoms with E-state index in [9.17, 15) is 24.1 Å². The number of hydrogen-bond donors (Lipinski definition) is 2. The summed E-state index contributed by atoms with van der Waals surface area (Å²) in [6.07, 6.45) is -4.47. The van der Waals surface area contributed by atoms with E-state index in [2.05, 4.69) is 4.98 Å². The minimum absolute atomic E-state index is 0.0692. The molecule has 1 aliphatic heterocycles. The summed E-state index contributed by atoms with van der Waals surface area (Å²) in [5, 5.41) is 10.7. The molecular formula is C23H37FN3O11P. The number of phosphoric acid groups is 1. The normalized spacial score (nSPS) is 24.0. The molecule has 0 amide bonds. The molecule has 0 radical (unpaired) electrons. The largest absolute Gasteiger partial charge is 0.480 e. The molecular weight excluding hydrogens is 544 g/mol. The lowest BCUT2D eigenvalue weighted by molar-refractivity contribution is -0.165. The molecule has 0 saturated carbocycles. The van der Waals surface area contributed by atoms with Gasteiger partial charge < -0.3 is 25.1 Å². The molecule has 1 saturated heterocycles. The summed E-state index contributed by atoms with van der Waals surface area (Å²) in [4.78, 5) is 39.9. The first kappa shape index (κ1) is 32.8. The molecule has 0 spiro atoms. The van der Waals surface area contributed by atoms with Crippen LogP contribution in [0.25, 0.3) is 0 Å². The standard InChI is InChI=1S/C23H37FN3O11P/c1-8-23(16(28)15(24)17(38-23)27-10-9-14(25)26-20(27)31)11-35-39(32,36-12-33-18(29)21(2,3)4)37-13-34-19(30)22(5,6)7/h9-10,15-17,28H,8,11-13H2,1-7H3,(H2,25,26,31). The highest BCUT2D eigenvalue weighted by atomic mass is 31.2. The molecule has 16 heteroatoms. The summed E-state index contributed by atoms with van der Waals surface area (Å²) in [6.45, 7) is 8.59. The lowest BCUT2D eigenvalue weighted by atomic mass is 9.94. The van der Waals surface area contributed by atoms with Crippen molar-refractivity contribution in [1.82, 2.24) is 9.55 Å². The van der Waals surface area contributed by atoms with Crippen LogP contribution in [0, 0.1) is 10.8 Å². The minimum Gasteiger partial charge on any atom is -0.437 e. The maximum atomic E-state index is 15.2. The molecule has 0 bridgehead atoms. The van der Waals surface area contributed by atoms with Gasteiger partial charge in [0.05, 0.1) is 17.4 Å². The molecule has 1 fully saturated rings. The fourth-order valence-corrected chi connectivity index (χ4v) is 4.15. The first-order valence-electron chi connectivity index (χ1n) is 12.1. The number of phosphoric ester groups is 1. The van der Waals surface area contributed by atoms with Gasteiger partial charge in [-0.2, -0.15) is 4.98 Å². The van der Waals surface area contributed by atoms with Crippen molar-refractivity contribution in [2.45, 2.75) is 79.0 Å². The lowest BCUT2D eigenvalue weighted by Gasteiger charge is -2.31. The van der Waals surface area contributed by atoms with Gasteiger partial charge in [0.2, 0.25) is 13.6 Å². The van der Waals surface area contributed by atoms with Crippen molar-refractivity contribution in [3.63, 3.8) is 0 Å². The Bertz CT molecular complexity index is 1100. The van der Waals surface area contributed by atoms with Crippen molar-refractivity contribution in [3.05, 3.63) is 22.7 Å². The Balaban J connectivity index is 2.21. The highest BCUT2D eigenvalue weighted by Gasteiger charge is 2.56. The molecule has 2 rings (SSSR count). The molecule has 14 nitrogen and oxygen atoms in total. The molecule has 222 valence electrons. The summed E-state index contributed by atoms with van der Waals surface area (Å²) >= 11 is 0. The summed E-state index contributed by atoms with van der Waals surface area (Å²) in [6, 6.07) is 1.25. The molecule has 39 heavy (non-hydrogen) atoms. The number of halogens is 1. The van der Waals surface area contributed by atoms with Crippen LogP contribution in [-0.4, -0.2) is 64.7 Å². The highest BCUT2D eigenvalue weighted by Crippen LogP contribution is 2.52. The second-order valence-electron chi connectivity index (χ2n) is 10.9. The van der Waals surface area contributed by atoms with E-state index < -0.39 is 80.6 Å². The van der Waals surface area contributed by atoms with Crippen LogP contribution in [-0.2, 0) is 41.9 Å². The molecule has 4 unspecified atom stereocenters. The van der Waals surface area contributed by atoms with Crippen molar-refractivity contribution in [2.24, 2.45) is 10.8 Å². The van der Waals surface area contributed by atoms with Gasteiger partial charge in [0.1, 0.15) is 17.5 Å². The fourth-order valence-electron chi connectivity index (χ4n) is 3.19. The number of carbonyl (C=O) groups is 2. The van der Waals surface area contributed by atoms with Gasteiger partial charge in [0.15, 0.2) is 12.4 Å². The molecule has 4 atom stereocenters. The average molecular weight is 582 g/mol. The van der Waals surface area contributed by atoms with Crippen LogP contribution in [0.15, 0.2) is 17.1 Å². The Morgan fingerprint density at radius 1 is 1.13 bits per heavy atom. The number of nitrogens with zero attached hydrogens (tertiary/aromatic N) is 2. The summed E-state index contributed by atoms with van der Waals surface area (Å²) in [5.41, 5.74) is 0.946. The number of esters is 2. The smallest absolute Gasteiger partial charge is 0.437 e. The van der Waals surface area contributed by atoms with Crippen molar-refractivity contribution < 1.29 is 51.4 Å². The van der Waals surface area contributed by atoms with Crippen molar-refractivity contribution in [2.75, 3.05) is 25.9 Å². The van der Waals surface area contributed by atoms with Gasteiger partial charge in [-0.25, -0.2) is 22.8 Å². The van der Waals surface area contributed by atoms with E-state index in [4.69, 9.17) is 33.5 Å². The second-order valence-corrected chi connectivity index (χ2v) is 12.6. The Labute approximate surface area is 225 Å². The number of aliphatic hydroxyl groups excluding tert-OH is 1. The predicted molar refractivity (Wildman–Crippen MR) is 134 cm³/mol. The number of anilines is 1. The van der Waals surface area contributed by atoms with E-state index in [-0.39, 0.29) is 12.2 Å². The van der Waals surface area contributed by atoms with E-state index in [0.29, 0.717) is 0 Å². The van der Waals surface area contributed by atoms with Crippen LogP contribution in [0.5, 0.6) is 0 Å². The Morgan fingerprint density at radius 2 is 1.64 bits per heavy atom. The number of carbonyl (C=O) groups excluding carboxylic acids is 2. The summed E-state index contributed by atoms with van der Waals surface area (Å²) < 4.78 is 60.5. The molecule has 2 heterocycles. The zero-order valence-corrected chi connectivity index (χ0v) is 23.9. The van der Waals surface area contributed by atoms with Gasteiger partial charge >= 0.3 is 25.5 Å². The average Bonchev–Trinajstić information content (AvgIpc) is 3.07. The molecule has 1 aromatic rings. The summed E-state index contributed by atoms with van der Waals surface area (Å²) in [5.74, 6) is -1.46. The molecule has 1 aliphatic rings. The number of aromatic nitrogens is 2. The Morgan fingerprint density at radius 3 is 2.08 bits per heavy atom. The third-order valence-electron chi connectivity index (χ3n) is 5.69. The van der Waals surface area contributed by atoms with Crippen LogP contribution < -0.4 is 11.4 Å². The van der Waals surface area contributed by atoms with E-state index in [1.54, 1.807) is 41.5 Å². The Hall–Kier alpha value is -2.42. The van der Waals surface area contributed by atoms with E-state index in [1.165, 1.54) is 13.0 Å². The SMILES string of the molecule is CCC1(COP(=O)(OCOC(=O)C(C)(C)C)OCOC(=O)C(C)(C)C)OC(n2ccc(N)nc2=O)C(F)C1O.